The molecule has 0 aromatic heterocycles. The van der Waals surface area contributed by atoms with Gasteiger partial charge in [-0.3, -0.25) is 9.59 Å². The fourth-order valence-electron chi connectivity index (χ4n) is 12.4. The molecule has 6 heteroatoms. The van der Waals surface area contributed by atoms with Crippen LogP contribution in [0.15, 0.2) is 36.5 Å². The molecule has 0 fully saturated rings. The Hall–Kier alpha value is -1.92. The van der Waals surface area contributed by atoms with Crippen LogP contribution in [0.25, 0.3) is 0 Å². The van der Waals surface area contributed by atoms with Crippen molar-refractivity contribution in [3.05, 3.63) is 36.5 Å². The van der Waals surface area contributed by atoms with Crippen molar-refractivity contribution in [1.29, 1.82) is 0 Å². The summed E-state index contributed by atoms with van der Waals surface area (Å²) in [7, 11) is 0. The molecule has 0 radical (unpaired) electrons. The van der Waals surface area contributed by atoms with Crippen molar-refractivity contribution >= 4 is 11.9 Å². The van der Waals surface area contributed by atoms with Gasteiger partial charge < -0.3 is 20.3 Å². The number of nitrogens with one attached hydrogen (secondary N) is 1. The second kappa shape index (κ2) is 75.5. The van der Waals surface area contributed by atoms with Crippen molar-refractivity contribution < 1.29 is 24.5 Å². The third-order valence-electron chi connectivity index (χ3n) is 18.4. The van der Waals surface area contributed by atoms with E-state index in [1.54, 1.807) is 6.08 Å². The molecule has 508 valence electrons. The molecule has 3 N–H and O–H groups in total. The summed E-state index contributed by atoms with van der Waals surface area (Å²) in [6.45, 7) is 4.95. The van der Waals surface area contributed by atoms with Crippen LogP contribution in [0.2, 0.25) is 0 Å². The van der Waals surface area contributed by atoms with E-state index in [0.717, 1.165) is 44.9 Å². The zero-order valence-corrected chi connectivity index (χ0v) is 58.3. The second-order valence-electron chi connectivity index (χ2n) is 27.0. The van der Waals surface area contributed by atoms with Gasteiger partial charge in [0, 0.05) is 12.8 Å². The molecule has 2 unspecified atom stereocenters. The van der Waals surface area contributed by atoms with Crippen molar-refractivity contribution in [3.63, 3.8) is 0 Å². The second-order valence-corrected chi connectivity index (χ2v) is 27.0. The number of ether oxygens (including phenoxy) is 1. The summed E-state index contributed by atoms with van der Waals surface area (Å²) in [5.74, 6) is -0.0457. The Morgan fingerprint density at radius 3 is 0.826 bits per heavy atom. The number of aliphatic hydroxyl groups is 2. The zero-order valence-electron chi connectivity index (χ0n) is 58.3. The van der Waals surface area contributed by atoms with E-state index in [-0.39, 0.29) is 18.5 Å². The Bertz CT molecular complexity index is 1390. The van der Waals surface area contributed by atoms with E-state index in [1.807, 2.05) is 6.08 Å². The van der Waals surface area contributed by atoms with Crippen LogP contribution in [0.1, 0.15) is 438 Å². The molecule has 0 bridgehead atoms. The summed E-state index contributed by atoms with van der Waals surface area (Å²) < 4.78 is 5.51. The van der Waals surface area contributed by atoms with Gasteiger partial charge in [-0.25, -0.2) is 0 Å². The zero-order chi connectivity index (χ0) is 62.0. The van der Waals surface area contributed by atoms with Gasteiger partial charge in [-0.1, -0.05) is 378 Å². The number of hydrogen-bond acceptors (Lipinski definition) is 5. The minimum atomic E-state index is -0.844. The Morgan fingerprint density at radius 1 is 0.314 bits per heavy atom. The molecule has 6 nitrogen and oxygen atoms in total. The molecule has 0 saturated carbocycles. The summed E-state index contributed by atoms with van der Waals surface area (Å²) in [4.78, 5) is 24.6. The molecule has 0 saturated heterocycles. The van der Waals surface area contributed by atoms with Gasteiger partial charge in [0.25, 0.3) is 0 Å². The van der Waals surface area contributed by atoms with Crippen LogP contribution in [-0.2, 0) is 14.3 Å². The van der Waals surface area contributed by atoms with Crippen LogP contribution in [0.5, 0.6) is 0 Å². The van der Waals surface area contributed by atoms with Crippen LogP contribution < -0.4 is 5.32 Å². The smallest absolute Gasteiger partial charge is 0.305 e. The quantitative estimate of drug-likeness (QED) is 0.0320. The third kappa shape index (κ3) is 71.2. The first kappa shape index (κ1) is 84.1. The summed E-state index contributed by atoms with van der Waals surface area (Å²) in [5.41, 5.74) is 0. The number of unbranched alkanes of at least 4 members (excludes halogenated alkanes) is 59. The molecular weight excluding hydrogens is 1050 g/mol. The average Bonchev–Trinajstić information content (AvgIpc) is 3.54. The van der Waals surface area contributed by atoms with Gasteiger partial charge in [-0.05, 0) is 83.5 Å². The van der Waals surface area contributed by atoms with Gasteiger partial charge in [-0.2, -0.15) is 0 Å². The first-order valence-electron chi connectivity index (χ1n) is 39.3. The SMILES string of the molecule is CCCCCCCCC/C=C\CCCCCCCCCC(=O)OCCCCCCCCCCCCCC/C=C\CCCCCCCCCCCCCCCCCCC(=O)NC(CO)C(O)/C=C/CCCCCCCCCCCCCCCCCCC. The highest BCUT2D eigenvalue weighted by Gasteiger charge is 2.18. The van der Waals surface area contributed by atoms with Crippen LogP contribution >= 0.6 is 0 Å². The molecule has 0 aliphatic rings. The lowest BCUT2D eigenvalue weighted by molar-refractivity contribution is -0.143. The van der Waals surface area contributed by atoms with E-state index in [4.69, 9.17) is 4.74 Å². The molecule has 0 spiro atoms. The summed E-state index contributed by atoms with van der Waals surface area (Å²) in [6, 6.07) is -0.627. The summed E-state index contributed by atoms with van der Waals surface area (Å²) >= 11 is 0. The van der Waals surface area contributed by atoms with E-state index in [0.29, 0.717) is 19.4 Å². The standard InChI is InChI=1S/C80H153NO5/c1-3-5-7-9-11-13-15-17-19-21-37-40-44-48-52-56-60-64-68-72-78(83)77(76-82)81-79(84)73-69-65-61-57-53-49-45-41-38-35-33-31-29-27-25-23-24-26-28-30-32-34-36-39-43-47-51-55-59-63-67-71-75-86-80(85)74-70-66-62-58-54-50-46-42-22-20-18-16-14-12-10-8-6-4-2/h20,22,26,28,68,72,77-78,82-83H,3-19,21,23-25,27,29-67,69-71,73-76H2,1-2H3,(H,81,84)/b22-20-,28-26-,72-68+. The van der Waals surface area contributed by atoms with Crippen LogP contribution in [0.3, 0.4) is 0 Å². The summed E-state index contributed by atoms with van der Waals surface area (Å²) in [6.07, 6.45) is 98.3. The normalized spacial score (nSPS) is 12.7. The Labute approximate surface area is 538 Å². The van der Waals surface area contributed by atoms with Gasteiger partial charge in [0.1, 0.15) is 0 Å². The molecule has 0 heterocycles. The van der Waals surface area contributed by atoms with E-state index >= 15 is 0 Å². The number of hydrogen-bond donors (Lipinski definition) is 3. The lowest BCUT2D eigenvalue weighted by Crippen LogP contribution is -2.45. The number of carbonyl (C=O) groups excluding carboxylic acids is 2. The predicted octanol–water partition coefficient (Wildman–Crippen LogP) is 25.8. The fraction of sp³-hybridized carbons (Fsp3) is 0.900. The highest BCUT2D eigenvalue weighted by Crippen LogP contribution is 2.19. The molecule has 0 rings (SSSR count). The number of allylic oxidation sites excluding steroid dienone is 5. The van der Waals surface area contributed by atoms with Gasteiger partial charge >= 0.3 is 5.97 Å². The molecular formula is C80H153NO5. The Kier molecular flexibility index (Phi) is 73.9. The van der Waals surface area contributed by atoms with Gasteiger partial charge in [0.2, 0.25) is 5.91 Å². The monoisotopic (exact) mass is 1210 g/mol. The first-order chi connectivity index (χ1) is 42.5. The number of carbonyl (C=O) groups is 2. The van der Waals surface area contributed by atoms with Crippen molar-refractivity contribution in [1.82, 2.24) is 5.32 Å². The minimum absolute atomic E-state index is 0.0158. The number of aliphatic hydroxyl groups excluding tert-OH is 2. The maximum absolute atomic E-state index is 12.5. The summed E-state index contributed by atoms with van der Waals surface area (Å²) in [5, 5.41) is 23.3. The average molecular weight is 1210 g/mol. The van der Waals surface area contributed by atoms with Gasteiger partial charge in [0.15, 0.2) is 0 Å². The molecule has 1 amide bonds. The number of rotatable bonds is 74. The van der Waals surface area contributed by atoms with Gasteiger partial charge in [0.05, 0.1) is 25.4 Å². The minimum Gasteiger partial charge on any atom is -0.466 e. The Balaban J connectivity index is 3.37. The molecule has 0 aromatic rings. The highest BCUT2D eigenvalue weighted by molar-refractivity contribution is 5.76. The maximum Gasteiger partial charge on any atom is 0.305 e. The lowest BCUT2D eigenvalue weighted by Gasteiger charge is -2.20. The highest BCUT2D eigenvalue weighted by atomic mass is 16.5. The predicted molar refractivity (Wildman–Crippen MR) is 379 cm³/mol. The van der Waals surface area contributed by atoms with Crippen LogP contribution in [-0.4, -0.2) is 47.4 Å². The molecule has 0 aliphatic carbocycles. The van der Waals surface area contributed by atoms with E-state index < -0.39 is 12.1 Å². The van der Waals surface area contributed by atoms with E-state index in [1.165, 1.54) is 366 Å². The topological polar surface area (TPSA) is 95.9 Å². The number of amides is 1. The van der Waals surface area contributed by atoms with Crippen molar-refractivity contribution in [2.24, 2.45) is 0 Å². The molecule has 86 heavy (non-hydrogen) atoms. The molecule has 0 aliphatic heterocycles. The van der Waals surface area contributed by atoms with Crippen molar-refractivity contribution in [3.8, 4) is 0 Å². The molecule has 0 aromatic carbocycles. The first-order valence-corrected chi connectivity index (χ1v) is 39.3. The van der Waals surface area contributed by atoms with E-state index in [9.17, 15) is 19.8 Å². The van der Waals surface area contributed by atoms with Crippen LogP contribution in [0, 0.1) is 0 Å². The van der Waals surface area contributed by atoms with Gasteiger partial charge in [-0.15, -0.1) is 0 Å². The van der Waals surface area contributed by atoms with Crippen LogP contribution in [0.4, 0.5) is 0 Å². The maximum atomic E-state index is 12.5. The van der Waals surface area contributed by atoms with E-state index in [2.05, 4.69) is 43.5 Å². The van der Waals surface area contributed by atoms with Crippen molar-refractivity contribution in [2.75, 3.05) is 13.2 Å². The largest absolute Gasteiger partial charge is 0.466 e. The lowest BCUT2D eigenvalue weighted by atomic mass is 10.0. The number of esters is 1. The van der Waals surface area contributed by atoms with Crippen molar-refractivity contribution in [2.45, 2.75) is 450 Å². The molecule has 2 atom stereocenters. The Morgan fingerprint density at radius 2 is 0.547 bits per heavy atom. The fourth-order valence-corrected chi connectivity index (χ4v) is 12.4. The third-order valence-corrected chi connectivity index (χ3v) is 18.4.